The van der Waals surface area contributed by atoms with Gasteiger partial charge in [-0.15, -0.1) is 0 Å². The largest absolute Gasteiger partial charge is 1.00 e. The zero-order valence-corrected chi connectivity index (χ0v) is 15.8. The van der Waals surface area contributed by atoms with Crippen LogP contribution in [-0.4, -0.2) is 22.6 Å². The molecule has 0 unspecified atom stereocenters. The third-order valence-electron chi connectivity index (χ3n) is 2.58. The number of methoxy groups -OCH3 is 2. The van der Waals surface area contributed by atoms with Crippen molar-refractivity contribution in [1.29, 1.82) is 2.86 Å². The van der Waals surface area contributed by atoms with E-state index in [-0.39, 0.29) is 24.6 Å². The molecule has 2 aromatic rings. The summed E-state index contributed by atoms with van der Waals surface area (Å²) in [7, 11) is 2.29. The monoisotopic (exact) mass is 410 g/mol. The molecule has 0 aliphatic heterocycles. The Morgan fingerprint density at radius 3 is 1.50 bits per heavy atom. The summed E-state index contributed by atoms with van der Waals surface area (Å²) in [5.74, 6) is -9.75. The van der Waals surface area contributed by atoms with Crippen LogP contribution in [0, 0.1) is 41.8 Å². The molecular weight excluding hydrogens is 385 g/mol. The van der Waals surface area contributed by atoms with Crippen molar-refractivity contribution in [2.45, 2.75) is 19.8 Å². The predicted octanol–water partition coefficient (Wildman–Crippen LogP) is 2.02. The molecule has 2 rings (SSSR count). The first kappa shape index (κ1) is 22.5. The quantitative estimate of drug-likeness (QED) is 0.337. The van der Waals surface area contributed by atoms with Gasteiger partial charge in [0.1, 0.15) is 11.5 Å². The fraction of sp³-hybridized carbons (Fsp3) is 0.278. The summed E-state index contributed by atoms with van der Waals surface area (Å²) in [4.78, 5) is 0. The van der Waals surface area contributed by atoms with Crippen LogP contribution >= 0.6 is 0 Å². The van der Waals surface area contributed by atoms with Crippen molar-refractivity contribution in [3.63, 3.8) is 0 Å². The van der Waals surface area contributed by atoms with Crippen molar-refractivity contribution < 1.29 is 62.9 Å². The summed E-state index contributed by atoms with van der Waals surface area (Å²) in [6, 6.07) is -0.352. The number of benzene rings is 2. The number of hydrogen-bond acceptors (Lipinski definition) is 2. The zero-order chi connectivity index (χ0) is 24.7. The van der Waals surface area contributed by atoms with Gasteiger partial charge in [0.25, 0.3) is 0 Å². The molecule has 2 aromatic carbocycles. The van der Waals surface area contributed by atoms with Crippen molar-refractivity contribution in [3.05, 3.63) is 66.0 Å². The Hall–Kier alpha value is -1.82. The minimum absolute atomic E-state index is 0. The van der Waals surface area contributed by atoms with Crippen LogP contribution < -0.4 is 28.3 Å². The molecule has 0 spiro atoms. The average molecular weight is 410 g/mol. The topological polar surface area (TPSA) is 50.0 Å². The molecule has 0 saturated carbocycles. The Morgan fingerprint density at radius 1 is 0.893 bits per heavy atom. The van der Waals surface area contributed by atoms with Crippen molar-refractivity contribution in [2.75, 3.05) is 14.2 Å². The minimum Gasteiger partial charge on any atom is -0.497 e. The van der Waals surface area contributed by atoms with Crippen LogP contribution in [0.3, 0.4) is 0 Å². The number of rotatable bonds is 3. The van der Waals surface area contributed by atoms with Gasteiger partial charge in [-0.2, -0.15) is 6.42 Å². The summed E-state index contributed by atoms with van der Waals surface area (Å²) >= 11 is 0. The van der Waals surface area contributed by atoms with Crippen LogP contribution in [0.1, 0.15) is 22.5 Å². The van der Waals surface area contributed by atoms with Gasteiger partial charge in [0.05, 0.1) is 17.0 Å². The predicted molar refractivity (Wildman–Crippen MR) is 89.6 cm³/mol. The molecule has 0 saturated heterocycles. The molecule has 3 nitrogen and oxygen atoms in total. The molecule has 2 N–H and O–H groups in total. The van der Waals surface area contributed by atoms with Crippen molar-refractivity contribution in [3.8, 4) is 11.5 Å². The second-order valence-electron chi connectivity index (χ2n) is 4.48. The Balaban J connectivity index is -0.000000401. The number of ether oxygens (including phenoxy) is 2. The molecule has 0 fully saturated rings. The maximum Gasteiger partial charge on any atom is 1.00 e. The van der Waals surface area contributed by atoms with Crippen LogP contribution in [-0.2, 0) is 0 Å². The van der Waals surface area contributed by atoms with Crippen molar-refractivity contribution in [2.24, 2.45) is 0 Å². The Labute approximate surface area is 177 Å². The Kier molecular flexibility index (Phi) is 13.0. The van der Waals surface area contributed by atoms with E-state index >= 15 is 0 Å². The van der Waals surface area contributed by atoms with E-state index in [9.17, 15) is 26.3 Å². The van der Waals surface area contributed by atoms with E-state index in [1.165, 1.54) is 13.5 Å². The molecule has 0 radical (unpaired) electrons. The summed E-state index contributed by atoms with van der Waals surface area (Å²) in [6.07, 6.45) is 2.28. The molecule has 0 aromatic heterocycles. The first-order valence-electron chi connectivity index (χ1n) is 9.04. The van der Waals surface area contributed by atoms with Gasteiger partial charge in [-0.05, 0) is 0 Å². The van der Waals surface area contributed by atoms with Gasteiger partial charge >= 0.3 is 18.9 Å². The molecule has 0 bridgehead atoms. The normalized spacial score (nSPS) is 10.5. The van der Waals surface area contributed by atoms with Crippen LogP contribution in [0.5, 0.6) is 11.5 Å². The fourth-order valence-electron chi connectivity index (χ4n) is 1.19. The van der Waals surface area contributed by atoms with Crippen LogP contribution in [0.15, 0.2) is 24.2 Å². The van der Waals surface area contributed by atoms with E-state index in [1.54, 1.807) is 0 Å². The van der Waals surface area contributed by atoms with Crippen molar-refractivity contribution >= 4 is 0 Å². The maximum absolute atomic E-state index is 12.7. The van der Waals surface area contributed by atoms with Crippen LogP contribution in [0.25, 0.3) is 0 Å². The molecule has 0 atom stereocenters. The number of halogens is 6. The fourth-order valence-corrected chi connectivity index (χ4v) is 1.19. The Morgan fingerprint density at radius 2 is 1.21 bits per heavy atom. The molecule has 0 aliphatic rings. The van der Waals surface area contributed by atoms with Gasteiger partial charge in [0.2, 0.25) is 2.86 Å². The van der Waals surface area contributed by atoms with E-state index in [0.717, 1.165) is 25.7 Å². The Bertz CT molecular complexity index is 765. The maximum atomic E-state index is 12.7. The molecule has 10 heteroatoms. The van der Waals surface area contributed by atoms with Gasteiger partial charge in [0, 0.05) is 24.2 Å². The molecule has 28 heavy (non-hydrogen) atoms. The second-order valence-corrected chi connectivity index (χ2v) is 4.48. The first-order valence-corrected chi connectivity index (χ1v) is 7.22. The van der Waals surface area contributed by atoms with Crippen LogP contribution in [0.4, 0.5) is 26.3 Å². The molecule has 0 aliphatic carbocycles. The third-order valence-corrected chi connectivity index (χ3v) is 2.58. The van der Waals surface area contributed by atoms with Gasteiger partial charge in [-0.3, -0.25) is 0 Å². The third kappa shape index (κ3) is 10.5. The minimum atomic E-state index is -1.82. The number of hydrogen-bond donors (Lipinski definition) is 0. The van der Waals surface area contributed by atoms with Crippen molar-refractivity contribution in [1.82, 2.24) is 0 Å². The zero-order valence-electron chi connectivity index (χ0n) is 19.8. The number of unbranched alkanes of at least 4 members (excludes halogenated alkanes) is 1. The summed E-state index contributed by atoms with van der Waals surface area (Å²) in [6.45, 7) is 5.72. The van der Waals surface area contributed by atoms with Gasteiger partial charge in [0.15, 0.2) is 34.9 Å². The average Bonchev–Trinajstić information content (AvgIpc) is 2.76. The molecular formula is C18H21F6LiO3. The SMILES string of the molecule is COc1cc(F)c(F)c(F)c1.[2H]O[2H].[2H]c1c(F)c(F)c(F)c([2H])c1OC.[CH2-]CCC.[Li+]. The van der Waals surface area contributed by atoms with E-state index < -0.39 is 52.7 Å². The van der Waals surface area contributed by atoms with Crippen LogP contribution in [0.2, 0.25) is 0 Å². The molecule has 154 valence electrons. The summed E-state index contributed by atoms with van der Waals surface area (Å²) in [5, 5.41) is 0. The van der Waals surface area contributed by atoms with Gasteiger partial charge in [-0.1, -0.05) is 13.3 Å². The smallest absolute Gasteiger partial charge is 0.497 e. The second kappa shape index (κ2) is 16.2. The summed E-state index contributed by atoms with van der Waals surface area (Å²) in [5.41, 5.74) is 2.75. The van der Waals surface area contributed by atoms with Gasteiger partial charge in [-0.25, -0.2) is 26.3 Å². The standard InChI is InChI=1S/2C7H5F3O.C4H9.Li.H2O/c2*1-11-4-2-5(8)7(10)6(9)3-4;1-3-4-2;;/h2*2-3H,1H3;1,3-4H2,2H3;;1H2/q;;-1;+1;/i2D,3D;;;;/hD2. The van der Waals surface area contributed by atoms with E-state index in [0.29, 0.717) is 0 Å². The van der Waals surface area contributed by atoms with E-state index in [4.69, 9.17) is 5.60 Å². The van der Waals surface area contributed by atoms with E-state index in [2.05, 4.69) is 28.8 Å². The van der Waals surface area contributed by atoms with E-state index in [1.807, 2.05) is 0 Å². The molecule has 0 amide bonds. The van der Waals surface area contributed by atoms with Gasteiger partial charge < -0.3 is 21.9 Å². The first-order chi connectivity index (χ1) is 14.5. The molecule has 0 heterocycles. The summed E-state index contributed by atoms with van der Waals surface area (Å²) < 4.78 is 108.